The molecule has 3 rings (SSSR count). The van der Waals surface area contributed by atoms with E-state index in [0.29, 0.717) is 12.3 Å². The Morgan fingerprint density at radius 3 is 2.58 bits per heavy atom. The van der Waals surface area contributed by atoms with Crippen molar-refractivity contribution in [2.75, 3.05) is 25.0 Å². The highest BCUT2D eigenvalue weighted by Crippen LogP contribution is 2.27. The predicted molar refractivity (Wildman–Crippen MR) is 103 cm³/mol. The van der Waals surface area contributed by atoms with E-state index in [1.807, 2.05) is 31.2 Å². The third-order valence-electron chi connectivity index (χ3n) is 4.71. The number of hydrogen-bond acceptors (Lipinski definition) is 5. The molecular weight excluding hydrogens is 330 g/mol. The van der Waals surface area contributed by atoms with Crippen molar-refractivity contribution in [3.63, 3.8) is 0 Å². The Morgan fingerprint density at radius 1 is 1.15 bits per heavy atom. The average Bonchev–Trinajstić information content (AvgIpc) is 2.65. The van der Waals surface area contributed by atoms with Crippen LogP contribution in [0.5, 0.6) is 5.75 Å². The maximum absolute atomic E-state index is 11.1. The number of likely N-dealkylation sites (tertiary alicyclic amines) is 1. The number of nitro groups is 1. The molecule has 0 atom stereocenters. The lowest BCUT2D eigenvalue weighted by atomic mass is 10.0. The number of nitrogens with zero attached hydrogens (tertiary/aromatic N) is 2. The molecule has 6 heteroatoms. The van der Waals surface area contributed by atoms with E-state index < -0.39 is 0 Å². The second kappa shape index (κ2) is 8.67. The van der Waals surface area contributed by atoms with Crippen LogP contribution in [-0.2, 0) is 6.54 Å². The van der Waals surface area contributed by atoms with Gasteiger partial charge >= 0.3 is 0 Å². The summed E-state index contributed by atoms with van der Waals surface area (Å²) in [5, 5.41) is 14.5. The molecule has 1 fully saturated rings. The van der Waals surface area contributed by atoms with Crippen LogP contribution >= 0.6 is 0 Å². The Balaban J connectivity index is 1.56. The fraction of sp³-hybridized carbons (Fsp3) is 0.400. The third kappa shape index (κ3) is 4.52. The van der Waals surface area contributed by atoms with E-state index in [9.17, 15) is 10.1 Å². The summed E-state index contributed by atoms with van der Waals surface area (Å²) in [5.41, 5.74) is 1.96. The largest absolute Gasteiger partial charge is 0.494 e. The van der Waals surface area contributed by atoms with Gasteiger partial charge in [0.1, 0.15) is 11.4 Å². The van der Waals surface area contributed by atoms with Crippen molar-refractivity contribution < 1.29 is 9.66 Å². The summed E-state index contributed by atoms with van der Waals surface area (Å²) >= 11 is 0. The molecule has 6 nitrogen and oxygen atoms in total. The average molecular weight is 355 g/mol. The molecule has 1 saturated heterocycles. The first-order chi connectivity index (χ1) is 12.7. The number of hydrogen-bond donors (Lipinski definition) is 1. The Bertz CT molecular complexity index is 743. The van der Waals surface area contributed by atoms with Gasteiger partial charge in [0.15, 0.2) is 0 Å². The lowest BCUT2D eigenvalue weighted by Gasteiger charge is -2.33. The highest BCUT2D eigenvalue weighted by Gasteiger charge is 2.22. The van der Waals surface area contributed by atoms with Crippen molar-refractivity contribution in [1.82, 2.24) is 4.90 Å². The van der Waals surface area contributed by atoms with Gasteiger partial charge in [-0.3, -0.25) is 15.0 Å². The van der Waals surface area contributed by atoms with Crippen LogP contribution < -0.4 is 10.1 Å². The zero-order valence-electron chi connectivity index (χ0n) is 15.1. The summed E-state index contributed by atoms with van der Waals surface area (Å²) in [6.07, 6.45) is 1.92. The first-order valence-corrected chi connectivity index (χ1v) is 9.10. The molecule has 0 bridgehead atoms. The van der Waals surface area contributed by atoms with Gasteiger partial charge in [0.2, 0.25) is 0 Å². The second-order valence-electron chi connectivity index (χ2n) is 6.51. The molecule has 1 heterocycles. The summed E-state index contributed by atoms with van der Waals surface area (Å²) in [6, 6.07) is 15.3. The Hall–Kier alpha value is -2.60. The fourth-order valence-corrected chi connectivity index (χ4v) is 3.38. The minimum Gasteiger partial charge on any atom is -0.494 e. The molecule has 1 N–H and O–H groups in total. The molecular formula is C20H25N3O3. The smallest absolute Gasteiger partial charge is 0.292 e. The van der Waals surface area contributed by atoms with Gasteiger partial charge in [-0.25, -0.2) is 0 Å². The van der Waals surface area contributed by atoms with Crippen molar-refractivity contribution in [2.45, 2.75) is 32.4 Å². The summed E-state index contributed by atoms with van der Waals surface area (Å²) in [4.78, 5) is 13.2. The molecule has 138 valence electrons. The minimum atomic E-state index is -0.331. The lowest BCUT2D eigenvalue weighted by molar-refractivity contribution is -0.384. The molecule has 0 aliphatic carbocycles. The summed E-state index contributed by atoms with van der Waals surface area (Å²) in [7, 11) is 0. The number of ether oxygens (including phenoxy) is 1. The van der Waals surface area contributed by atoms with Crippen molar-refractivity contribution in [3.05, 3.63) is 64.2 Å². The van der Waals surface area contributed by atoms with E-state index in [-0.39, 0.29) is 16.7 Å². The van der Waals surface area contributed by atoms with Gasteiger partial charge in [-0.05, 0) is 31.9 Å². The Labute approximate surface area is 153 Å². The van der Waals surface area contributed by atoms with Gasteiger partial charge in [-0.1, -0.05) is 30.3 Å². The molecule has 26 heavy (non-hydrogen) atoms. The van der Waals surface area contributed by atoms with E-state index >= 15 is 0 Å². The SMILES string of the molecule is CCOc1ccccc1CN1CCC(Nc2ccccc2[N+](=O)[O-])CC1. The van der Waals surface area contributed by atoms with Crippen molar-refractivity contribution >= 4 is 11.4 Å². The van der Waals surface area contributed by atoms with Crippen LogP contribution in [0.1, 0.15) is 25.3 Å². The molecule has 0 spiro atoms. The number of anilines is 1. The molecule has 0 radical (unpaired) electrons. The van der Waals surface area contributed by atoms with Gasteiger partial charge in [-0.2, -0.15) is 0 Å². The molecule has 2 aromatic rings. The monoisotopic (exact) mass is 355 g/mol. The van der Waals surface area contributed by atoms with E-state index in [2.05, 4.69) is 16.3 Å². The van der Waals surface area contributed by atoms with E-state index in [0.717, 1.165) is 38.2 Å². The lowest BCUT2D eigenvalue weighted by Crippen LogP contribution is -2.38. The minimum absolute atomic E-state index is 0.139. The van der Waals surface area contributed by atoms with Crippen LogP contribution in [0, 0.1) is 10.1 Å². The zero-order valence-corrected chi connectivity index (χ0v) is 15.1. The molecule has 0 aromatic heterocycles. The van der Waals surface area contributed by atoms with Crippen LogP contribution in [0.2, 0.25) is 0 Å². The van der Waals surface area contributed by atoms with E-state index in [1.165, 1.54) is 5.56 Å². The van der Waals surface area contributed by atoms with E-state index in [1.54, 1.807) is 18.2 Å². The number of nitro benzene ring substituents is 1. The van der Waals surface area contributed by atoms with Crippen molar-refractivity contribution in [3.8, 4) is 5.75 Å². The van der Waals surface area contributed by atoms with Crippen LogP contribution in [0.25, 0.3) is 0 Å². The fourth-order valence-electron chi connectivity index (χ4n) is 3.38. The van der Waals surface area contributed by atoms with Gasteiger partial charge < -0.3 is 10.1 Å². The van der Waals surface area contributed by atoms with Gasteiger partial charge in [-0.15, -0.1) is 0 Å². The molecule has 0 saturated carbocycles. The maximum atomic E-state index is 11.1. The summed E-state index contributed by atoms with van der Waals surface area (Å²) < 4.78 is 5.71. The third-order valence-corrected chi connectivity index (χ3v) is 4.71. The summed E-state index contributed by atoms with van der Waals surface area (Å²) in [6.45, 7) is 5.45. The molecule has 1 aliphatic rings. The van der Waals surface area contributed by atoms with Crippen molar-refractivity contribution in [1.29, 1.82) is 0 Å². The number of rotatable bonds is 7. The van der Waals surface area contributed by atoms with E-state index in [4.69, 9.17) is 4.74 Å². The summed E-state index contributed by atoms with van der Waals surface area (Å²) in [5.74, 6) is 0.954. The zero-order chi connectivity index (χ0) is 18.4. The number of piperidine rings is 1. The van der Waals surface area contributed by atoms with Crippen LogP contribution in [-0.4, -0.2) is 35.6 Å². The van der Waals surface area contributed by atoms with Gasteiger partial charge in [0, 0.05) is 37.3 Å². The van der Waals surface area contributed by atoms with Crippen LogP contribution in [0.4, 0.5) is 11.4 Å². The predicted octanol–water partition coefficient (Wildman–Crippen LogP) is 4.07. The number of para-hydroxylation sites is 3. The quantitative estimate of drug-likeness (QED) is 0.599. The molecule has 1 aliphatic heterocycles. The first kappa shape index (κ1) is 18.2. The second-order valence-corrected chi connectivity index (χ2v) is 6.51. The topological polar surface area (TPSA) is 67.6 Å². The normalized spacial score (nSPS) is 15.6. The number of benzene rings is 2. The maximum Gasteiger partial charge on any atom is 0.292 e. The van der Waals surface area contributed by atoms with Crippen molar-refractivity contribution in [2.24, 2.45) is 0 Å². The molecule has 0 amide bonds. The van der Waals surface area contributed by atoms with Crippen LogP contribution in [0.15, 0.2) is 48.5 Å². The van der Waals surface area contributed by atoms with Gasteiger partial charge in [0.05, 0.1) is 11.5 Å². The standard InChI is InChI=1S/C20H25N3O3/c1-2-26-20-10-6-3-7-16(20)15-22-13-11-17(12-14-22)21-18-8-4-5-9-19(18)23(24)25/h3-10,17,21H,2,11-15H2,1H3. The molecule has 2 aromatic carbocycles. The Morgan fingerprint density at radius 2 is 1.85 bits per heavy atom. The number of nitrogens with one attached hydrogen (secondary N) is 1. The van der Waals surface area contributed by atoms with Crippen LogP contribution in [0.3, 0.4) is 0 Å². The Kier molecular flexibility index (Phi) is 6.07. The first-order valence-electron chi connectivity index (χ1n) is 9.10. The highest BCUT2D eigenvalue weighted by molar-refractivity contribution is 5.61. The highest BCUT2D eigenvalue weighted by atomic mass is 16.6. The molecule has 0 unspecified atom stereocenters. The van der Waals surface area contributed by atoms with Gasteiger partial charge in [0.25, 0.3) is 5.69 Å².